The quantitative estimate of drug-likeness (QED) is 0.715. The minimum absolute atomic E-state index is 0.168. The summed E-state index contributed by atoms with van der Waals surface area (Å²) in [5, 5.41) is 0. The van der Waals surface area contributed by atoms with E-state index < -0.39 is 0 Å². The molecular formula is C17H19F. The van der Waals surface area contributed by atoms with Crippen LogP contribution in [0.2, 0.25) is 0 Å². The molecule has 0 aliphatic rings. The third kappa shape index (κ3) is 3.19. The van der Waals surface area contributed by atoms with Crippen LogP contribution in [0.25, 0.3) is 0 Å². The summed E-state index contributed by atoms with van der Waals surface area (Å²) in [5.74, 6) is -0.168. The van der Waals surface area contributed by atoms with E-state index in [1.165, 1.54) is 17.2 Å². The number of halogens is 1. The SMILES string of the molecule is CC(C)(C)c1ccc(Cc2cccc(F)c2)cc1. The lowest BCUT2D eigenvalue weighted by Gasteiger charge is -2.19. The van der Waals surface area contributed by atoms with Gasteiger partial charge in [-0.1, -0.05) is 57.2 Å². The summed E-state index contributed by atoms with van der Waals surface area (Å²) in [6.45, 7) is 6.61. The maximum atomic E-state index is 13.1. The van der Waals surface area contributed by atoms with Gasteiger partial charge < -0.3 is 0 Å². The van der Waals surface area contributed by atoms with Gasteiger partial charge in [0, 0.05) is 0 Å². The normalized spacial score (nSPS) is 11.6. The maximum absolute atomic E-state index is 13.1. The third-order valence-electron chi connectivity index (χ3n) is 3.12. The van der Waals surface area contributed by atoms with Crippen LogP contribution in [0.5, 0.6) is 0 Å². The average Bonchev–Trinajstić information content (AvgIpc) is 2.28. The number of hydrogen-bond donors (Lipinski definition) is 0. The molecule has 0 N–H and O–H groups in total. The molecule has 0 spiro atoms. The average molecular weight is 242 g/mol. The molecule has 0 bridgehead atoms. The van der Waals surface area contributed by atoms with Crippen LogP contribution in [-0.2, 0) is 11.8 Å². The van der Waals surface area contributed by atoms with Crippen LogP contribution < -0.4 is 0 Å². The van der Waals surface area contributed by atoms with Crippen molar-refractivity contribution < 1.29 is 4.39 Å². The molecule has 0 fully saturated rings. The van der Waals surface area contributed by atoms with Gasteiger partial charge in [-0.3, -0.25) is 0 Å². The van der Waals surface area contributed by atoms with Crippen LogP contribution in [-0.4, -0.2) is 0 Å². The third-order valence-corrected chi connectivity index (χ3v) is 3.12. The fourth-order valence-corrected chi connectivity index (χ4v) is 2.01. The van der Waals surface area contributed by atoms with Gasteiger partial charge in [-0.15, -0.1) is 0 Å². The largest absolute Gasteiger partial charge is 0.207 e. The van der Waals surface area contributed by atoms with Crippen molar-refractivity contribution in [3.63, 3.8) is 0 Å². The standard InChI is InChI=1S/C17H19F/c1-17(2,3)15-9-7-13(8-10-15)11-14-5-4-6-16(18)12-14/h4-10,12H,11H2,1-3H3. The van der Waals surface area contributed by atoms with Gasteiger partial charge in [-0.2, -0.15) is 0 Å². The molecule has 0 unspecified atom stereocenters. The lowest BCUT2D eigenvalue weighted by molar-refractivity contribution is 0.590. The topological polar surface area (TPSA) is 0 Å². The van der Waals surface area contributed by atoms with Gasteiger partial charge in [0.25, 0.3) is 0 Å². The van der Waals surface area contributed by atoms with Gasteiger partial charge in [0.05, 0.1) is 0 Å². The summed E-state index contributed by atoms with van der Waals surface area (Å²) < 4.78 is 13.1. The van der Waals surface area contributed by atoms with Crippen LogP contribution in [0.15, 0.2) is 48.5 Å². The van der Waals surface area contributed by atoms with E-state index in [1.54, 1.807) is 12.1 Å². The highest BCUT2D eigenvalue weighted by atomic mass is 19.1. The molecule has 0 radical (unpaired) electrons. The predicted octanol–water partition coefficient (Wildman–Crippen LogP) is 4.71. The molecule has 0 aromatic heterocycles. The molecular weight excluding hydrogens is 223 g/mol. The minimum atomic E-state index is -0.168. The first-order chi connectivity index (χ1) is 8.45. The Bertz CT molecular complexity index is 518. The van der Waals surface area contributed by atoms with Gasteiger partial charge in [-0.05, 0) is 40.7 Å². The molecule has 0 heterocycles. The summed E-state index contributed by atoms with van der Waals surface area (Å²) >= 11 is 0. The fraction of sp³-hybridized carbons (Fsp3) is 0.294. The van der Waals surface area contributed by atoms with Crippen molar-refractivity contribution in [3.05, 3.63) is 71.0 Å². The summed E-state index contributed by atoms with van der Waals surface area (Å²) in [6.07, 6.45) is 0.780. The lowest BCUT2D eigenvalue weighted by Crippen LogP contribution is -2.10. The first kappa shape index (κ1) is 12.8. The van der Waals surface area contributed by atoms with E-state index in [0.29, 0.717) is 0 Å². The van der Waals surface area contributed by atoms with E-state index in [-0.39, 0.29) is 11.2 Å². The van der Waals surface area contributed by atoms with Crippen LogP contribution in [0.4, 0.5) is 4.39 Å². The highest BCUT2D eigenvalue weighted by Crippen LogP contribution is 2.22. The van der Waals surface area contributed by atoms with Crippen molar-refractivity contribution in [2.45, 2.75) is 32.6 Å². The molecule has 18 heavy (non-hydrogen) atoms. The zero-order valence-electron chi connectivity index (χ0n) is 11.2. The molecule has 1 heteroatoms. The molecule has 0 aliphatic heterocycles. The Balaban J connectivity index is 2.16. The monoisotopic (exact) mass is 242 g/mol. The summed E-state index contributed by atoms with van der Waals surface area (Å²) in [4.78, 5) is 0. The van der Waals surface area contributed by atoms with Crippen LogP contribution in [0, 0.1) is 5.82 Å². The van der Waals surface area contributed by atoms with Gasteiger partial charge in [0.1, 0.15) is 5.82 Å². The van der Waals surface area contributed by atoms with Crippen molar-refractivity contribution in [2.24, 2.45) is 0 Å². The molecule has 0 amide bonds. The second kappa shape index (κ2) is 4.93. The van der Waals surface area contributed by atoms with Crippen molar-refractivity contribution >= 4 is 0 Å². The molecule has 94 valence electrons. The molecule has 0 saturated heterocycles. The second-order valence-corrected chi connectivity index (χ2v) is 5.75. The van der Waals surface area contributed by atoms with Gasteiger partial charge in [0.15, 0.2) is 0 Å². The Labute approximate surface area is 108 Å². The first-order valence-electron chi connectivity index (χ1n) is 6.29. The van der Waals surface area contributed by atoms with E-state index in [1.807, 2.05) is 6.07 Å². The highest BCUT2D eigenvalue weighted by Gasteiger charge is 2.12. The number of rotatable bonds is 2. The predicted molar refractivity (Wildman–Crippen MR) is 74.3 cm³/mol. The second-order valence-electron chi connectivity index (χ2n) is 5.75. The van der Waals surface area contributed by atoms with Gasteiger partial charge >= 0.3 is 0 Å². The van der Waals surface area contributed by atoms with E-state index in [4.69, 9.17) is 0 Å². The molecule has 2 aromatic rings. The Morgan fingerprint density at radius 2 is 1.56 bits per heavy atom. The maximum Gasteiger partial charge on any atom is 0.123 e. The molecule has 0 atom stereocenters. The number of benzene rings is 2. The summed E-state index contributed by atoms with van der Waals surface area (Å²) in [7, 11) is 0. The van der Waals surface area contributed by atoms with E-state index in [9.17, 15) is 4.39 Å². The highest BCUT2D eigenvalue weighted by molar-refractivity contribution is 5.31. The van der Waals surface area contributed by atoms with Crippen LogP contribution in [0.3, 0.4) is 0 Å². The molecule has 2 rings (SSSR count). The Morgan fingerprint density at radius 1 is 0.889 bits per heavy atom. The first-order valence-corrected chi connectivity index (χ1v) is 6.29. The van der Waals surface area contributed by atoms with E-state index in [2.05, 4.69) is 45.0 Å². The fourth-order valence-electron chi connectivity index (χ4n) is 2.01. The number of hydrogen-bond acceptors (Lipinski definition) is 0. The zero-order valence-corrected chi connectivity index (χ0v) is 11.2. The zero-order chi connectivity index (χ0) is 13.2. The van der Waals surface area contributed by atoms with Crippen molar-refractivity contribution in [1.82, 2.24) is 0 Å². The Hall–Kier alpha value is -1.63. The van der Waals surface area contributed by atoms with Crippen molar-refractivity contribution in [1.29, 1.82) is 0 Å². The van der Waals surface area contributed by atoms with E-state index >= 15 is 0 Å². The summed E-state index contributed by atoms with van der Waals surface area (Å²) in [6, 6.07) is 15.4. The van der Waals surface area contributed by atoms with Crippen LogP contribution >= 0.6 is 0 Å². The van der Waals surface area contributed by atoms with Crippen molar-refractivity contribution in [2.75, 3.05) is 0 Å². The molecule has 0 saturated carbocycles. The smallest absolute Gasteiger partial charge is 0.123 e. The van der Waals surface area contributed by atoms with Gasteiger partial charge in [0.2, 0.25) is 0 Å². The van der Waals surface area contributed by atoms with E-state index in [0.717, 1.165) is 12.0 Å². The Morgan fingerprint density at radius 3 is 2.11 bits per heavy atom. The molecule has 0 nitrogen and oxygen atoms in total. The van der Waals surface area contributed by atoms with Crippen LogP contribution in [0.1, 0.15) is 37.5 Å². The summed E-state index contributed by atoms with van der Waals surface area (Å²) in [5.41, 5.74) is 3.73. The van der Waals surface area contributed by atoms with Gasteiger partial charge in [-0.25, -0.2) is 4.39 Å². The van der Waals surface area contributed by atoms with Crippen molar-refractivity contribution in [3.8, 4) is 0 Å². The lowest BCUT2D eigenvalue weighted by atomic mass is 9.86. The molecule has 0 aliphatic carbocycles. The molecule has 2 aromatic carbocycles. The Kier molecular flexibility index (Phi) is 3.51. The minimum Gasteiger partial charge on any atom is -0.207 e.